The van der Waals surface area contributed by atoms with Crippen LogP contribution in [0.3, 0.4) is 0 Å². The fourth-order valence-electron chi connectivity index (χ4n) is 3.52. The number of ether oxygens (including phenoxy) is 2. The molecule has 31 heavy (non-hydrogen) atoms. The first-order valence-corrected chi connectivity index (χ1v) is 10.6. The third-order valence-corrected chi connectivity index (χ3v) is 5.41. The van der Waals surface area contributed by atoms with Gasteiger partial charge in [0.1, 0.15) is 5.82 Å². The summed E-state index contributed by atoms with van der Waals surface area (Å²) in [5, 5.41) is 6.72. The maximum atomic E-state index is 14.2. The number of benzene rings is 2. The lowest BCUT2D eigenvalue weighted by Gasteiger charge is -2.19. The molecule has 0 atom stereocenters. The van der Waals surface area contributed by atoms with Crippen molar-refractivity contribution in [1.29, 1.82) is 0 Å². The third kappa shape index (κ3) is 7.73. The lowest BCUT2D eigenvalue weighted by molar-refractivity contribution is 0.0453. The third-order valence-electron chi connectivity index (χ3n) is 5.41. The van der Waals surface area contributed by atoms with Gasteiger partial charge in [-0.1, -0.05) is 42.5 Å². The van der Waals surface area contributed by atoms with Crippen LogP contribution in [0, 0.1) is 5.82 Å². The molecule has 0 amide bonds. The van der Waals surface area contributed by atoms with E-state index in [1.165, 1.54) is 6.07 Å². The molecule has 1 fully saturated rings. The van der Waals surface area contributed by atoms with Crippen LogP contribution in [-0.4, -0.2) is 39.4 Å². The molecule has 0 bridgehead atoms. The standard InChI is InChI=1S/C24H32FN3O2.HI/c1-3-29-13-14-30-17-20-8-6-7-19(15-20)16-27-23(26-2)28-18-24(11-12-24)21-9-4-5-10-22(21)25;/h4-10,15H,3,11-14,16-18H2,1-2H3,(H2,26,27,28);1H. The second-order valence-corrected chi connectivity index (χ2v) is 7.61. The second kappa shape index (κ2) is 13.0. The number of guanidine groups is 1. The molecule has 0 heterocycles. The summed E-state index contributed by atoms with van der Waals surface area (Å²) in [4.78, 5) is 4.31. The normalized spacial score (nSPS) is 14.6. The Kier molecular flexibility index (Phi) is 10.7. The van der Waals surface area contributed by atoms with Gasteiger partial charge < -0.3 is 20.1 Å². The van der Waals surface area contributed by atoms with Gasteiger partial charge in [-0.2, -0.15) is 0 Å². The van der Waals surface area contributed by atoms with E-state index in [0.29, 0.717) is 39.5 Å². The first-order valence-electron chi connectivity index (χ1n) is 10.6. The Hall–Kier alpha value is -1.71. The van der Waals surface area contributed by atoms with Crippen LogP contribution < -0.4 is 10.6 Å². The van der Waals surface area contributed by atoms with Crippen molar-refractivity contribution in [3.63, 3.8) is 0 Å². The molecular weight excluding hydrogens is 508 g/mol. The molecule has 0 spiro atoms. The van der Waals surface area contributed by atoms with E-state index in [-0.39, 0.29) is 35.2 Å². The Bertz CT molecular complexity index is 843. The van der Waals surface area contributed by atoms with E-state index >= 15 is 0 Å². The van der Waals surface area contributed by atoms with Crippen LogP contribution in [0.1, 0.15) is 36.5 Å². The van der Waals surface area contributed by atoms with E-state index in [2.05, 4.69) is 33.8 Å². The van der Waals surface area contributed by atoms with Crippen molar-refractivity contribution < 1.29 is 13.9 Å². The molecule has 2 N–H and O–H groups in total. The van der Waals surface area contributed by atoms with Crippen LogP contribution in [0.15, 0.2) is 53.5 Å². The average Bonchev–Trinajstić information content (AvgIpc) is 3.55. The van der Waals surface area contributed by atoms with Crippen LogP contribution in [-0.2, 0) is 28.0 Å². The van der Waals surface area contributed by atoms with Crippen molar-refractivity contribution in [2.75, 3.05) is 33.4 Å². The number of nitrogens with one attached hydrogen (secondary N) is 2. The van der Waals surface area contributed by atoms with Gasteiger partial charge in [0, 0.05) is 32.2 Å². The van der Waals surface area contributed by atoms with E-state index in [4.69, 9.17) is 9.47 Å². The van der Waals surface area contributed by atoms with Crippen molar-refractivity contribution >= 4 is 29.9 Å². The summed E-state index contributed by atoms with van der Waals surface area (Å²) in [5.74, 6) is 0.594. The number of nitrogens with zero attached hydrogens (tertiary/aromatic N) is 1. The summed E-state index contributed by atoms with van der Waals surface area (Å²) in [6, 6.07) is 15.4. The zero-order valence-electron chi connectivity index (χ0n) is 18.3. The van der Waals surface area contributed by atoms with E-state index in [9.17, 15) is 4.39 Å². The topological polar surface area (TPSA) is 54.9 Å². The highest BCUT2D eigenvalue weighted by Crippen LogP contribution is 2.48. The minimum atomic E-state index is -0.125. The molecule has 7 heteroatoms. The van der Waals surface area contributed by atoms with Gasteiger partial charge in [0.25, 0.3) is 0 Å². The number of hydrogen-bond acceptors (Lipinski definition) is 3. The zero-order chi connectivity index (χ0) is 21.2. The van der Waals surface area contributed by atoms with Crippen LogP contribution in [0.2, 0.25) is 0 Å². The summed E-state index contributed by atoms with van der Waals surface area (Å²) in [6.07, 6.45) is 1.98. The fraction of sp³-hybridized carbons (Fsp3) is 0.458. The lowest BCUT2D eigenvalue weighted by atomic mass is 9.95. The zero-order valence-corrected chi connectivity index (χ0v) is 20.7. The van der Waals surface area contributed by atoms with Crippen LogP contribution in [0.4, 0.5) is 4.39 Å². The SMILES string of the molecule is CCOCCOCc1cccc(CNC(=NC)NCC2(c3ccccc3F)CC2)c1.I. The highest BCUT2D eigenvalue weighted by atomic mass is 127. The van der Waals surface area contributed by atoms with Crippen molar-refractivity contribution in [3.05, 3.63) is 71.0 Å². The summed E-state index contributed by atoms with van der Waals surface area (Å²) in [5.41, 5.74) is 2.95. The summed E-state index contributed by atoms with van der Waals surface area (Å²) < 4.78 is 25.1. The van der Waals surface area contributed by atoms with E-state index in [0.717, 1.165) is 35.5 Å². The minimum absolute atomic E-state index is 0. The van der Waals surface area contributed by atoms with Crippen LogP contribution in [0.5, 0.6) is 0 Å². The number of rotatable bonds is 11. The molecule has 0 saturated heterocycles. The van der Waals surface area contributed by atoms with Crippen molar-refractivity contribution in [3.8, 4) is 0 Å². The van der Waals surface area contributed by atoms with E-state index in [1.807, 2.05) is 25.1 Å². The minimum Gasteiger partial charge on any atom is -0.379 e. The molecule has 1 saturated carbocycles. The molecule has 1 aliphatic rings. The maximum Gasteiger partial charge on any atom is 0.191 e. The van der Waals surface area contributed by atoms with Gasteiger partial charge in [0.15, 0.2) is 5.96 Å². The molecule has 0 unspecified atom stereocenters. The number of hydrogen-bond donors (Lipinski definition) is 2. The first-order chi connectivity index (χ1) is 14.7. The monoisotopic (exact) mass is 541 g/mol. The molecule has 5 nitrogen and oxygen atoms in total. The molecule has 1 aliphatic carbocycles. The maximum absolute atomic E-state index is 14.2. The molecule has 170 valence electrons. The Balaban J connectivity index is 0.00000341. The smallest absolute Gasteiger partial charge is 0.191 e. The predicted molar refractivity (Wildman–Crippen MR) is 134 cm³/mol. The molecule has 0 radical (unpaired) electrons. The highest BCUT2D eigenvalue weighted by Gasteiger charge is 2.45. The number of aliphatic imine (C=N–C) groups is 1. The second-order valence-electron chi connectivity index (χ2n) is 7.61. The van der Waals surface area contributed by atoms with Gasteiger partial charge in [-0.3, -0.25) is 4.99 Å². The van der Waals surface area contributed by atoms with E-state index < -0.39 is 0 Å². The van der Waals surface area contributed by atoms with Crippen molar-refractivity contribution in [2.24, 2.45) is 4.99 Å². The van der Waals surface area contributed by atoms with E-state index in [1.54, 1.807) is 13.1 Å². The van der Waals surface area contributed by atoms with Crippen molar-refractivity contribution in [2.45, 2.75) is 38.3 Å². The molecule has 0 aromatic heterocycles. The lowest BCUT2D eigenvalue weighted by Crippen LogP contribution is -2.41. The molecule has 0 aliphatic heterocycles. The van der Waals surface area contributed by atoms with Crippen molar-refractivity contribution in [1.82, 2.24) is 10.6 Å². The van der Waals surface area contributed by atoms with Gasteiger partial charge in [-0.05, 0) is 42.5 Å². The summed E-state index contributed by atoms with van der Waals surface area (Å²) in [6.45, 7) is 5.79. The molecule has 3 rings (SSSR count). The van der Waals surface area contributed by atoms with Gasteiger partial charge in [-0.15, -0.1) is 24.0 Å². The highest BCUT2D eigenvalue weighted by molar-refractivity contribution is 14.0. The number of halogens is 2. The first kappa shape index (κ1) is 25.5. The molecular formula is C24H33FIN3O2. The Labute approximate surface area is 201 Å². The molecule has 2 aromatic carbocycles. The van der Waals surface area contributed by atoms with Gasteiger partial charge in [0.05, 0.1) is 19.8 Å². The Morgan fingerprint density at radius 1 is 1.03 bits per heavy atom. The summed E-state index contributed by atoms with van der Waals surface area (Å²) >= 11 is 0. The largest absolute Gasteiger partial charge is 0.379 e. The average molecular weight is 541 g/mol. The molecule has 2 aromatic rings. The van der Waals surface area contributed by atoms with Crippen LogP contribution in [0.25, 0.3) is 0 Å². The van der Waals surface area contributed by atoms with Gasteiger partial charge in [0.2, 0.25) is 0 Å². The van der Waals surface area contributed by atoms with Crippen LogP contribution >= 0.6 is 24.0 Å². The van der Waals surface area contributed by atoms with Gasteiger partial charge in [-0.25, -0.2) is 4.39 Å². The Morgan fingerprint density at radius 2 is 1.77 bits per heavy atom. The summed E-state index contributed by atoms with van der Waals surface area (Å²) in [7, 11) is 1.75. The predicted octanol–water partition coefficient (Wildman–Crippen LogP) is 4.39. The quantitative estimate of drug-likeness (QED) is 0.192. The fourth-order valence-corrected chi connectivity index (χ4v) is 3.52. The van der Waals surface area contributed by atoms with Gasteiger partial charge >= 0.3 is 0 Å². The Morgan fingerprint density at radius 3 is 2.48 bits per heavy atom.